The van der Waals surface area contributed by atoms with Gasteiger partial charge in [0, 0.05) is 20.0 Å². The van der Waals surface area contributed by atoms with Gasteiger partial charge in [-0.1, -0.05) is 55.4 Å². The molecule has 0 aliphatic heterocycles. The molecule has 104 valence electrons. The molecule has 0 bridgehead atoms. The first kappa shape index (κ1) is 18.8. The molecule has 2 heteroatoms. The van der Waals surface area contributed by atoms with Gasteiger partial charge in [-0.15, -0.1) is 0 Å². The van der Waals surface area contributed by atoms with Crippen LogP contribution in [-0.4, -0.2) is 24.9 Å². The highest BCUT2D eigenvalue weighted by Crippen LogP contribution is 2.36. The Morgan fingerprint density at radius 3 is 1.53 bits per heavy atom. The number of carbonyl (C=O) groups excluding carboxylic acids is 1. The van der Waals surface area contributed by atoms with Crippen LogP contribution >= 0.6 is 0 Å². The minimum absolute atomic E-state index is 0.0363. The van der Waals surface area contributed by atoms with E-state index < -0.39 is 0 Å². The summed E-state index contributed by atoms with van der Waals surface area (Å²) in [5.74, 6) is 0.352. The van der Waals surface area contributed by atoms with Gasteiger partial charge in [-0.05, 0) is 17.3 Å². The zero-order chi connectivity index (χ0) is 14.4. The number of nitrogens with zero attached hydrogens (tertiary/aromatic N) is 1. The van der Waals surface area contributed by atoms with Gasteiger partial charge < -0.3 is 4.90 Å². The van der Waals surface area contributed by atoms with Gasteiger partial charge in [-0.2, -0.15) is 0 Å². The molecule has 1 atom stereocenters. The predicted molar refractivity (Wildman–Crippen MR) is 77.1 cm³/mol. The number of amides is 1. The third-order valence-corrected chi connectivity index (χ3v) is 2.60. The lowest BCUT2D eigenvalue weighted by Gasteiger charge is -2.36. The van der Waals surface area contributed by atoms with Crippen LogP contribution in [0.25, 0.3) is 0 Å². The Kier molecular flexibility index (Phi) is 7.78. The average Bonchev–Trinajstić information content (AvgIpc) is 2.13. The largest absolute Gasteiger partial charge is 0.349 e. The molecule has 0 heterocycles. The Labute approximate surface area is 109 Å². The molecule has 0 saturated carbocycles. The Bertz CT molecular complexity index is 218. The van der Waals surface area contributed by atoms with Gasteiger partial charge in [0.05, 0.1) is 0 Å². The van der Waals surface area contributed by atoms with Crippen LogP contribution in [-0.2, 0) is 4.79 Å². The van der Waals surface area contributed by atoms with Crippen molar-refractivity contribution in [2.24, 2.45) is 16.7 Å². The summed E-state index contributed by atoms with van der Waals surface area (Å²) in [7, 11) is 3.67. The summed E-state index contributed by atoms with van der Waals surface area (Å²) in [5.41, 5.74) is 0.234. The fraction of sp³-hybridized carbons (Fsp3) is 0.933. The molecule has 0 aromatic heterocycles. The Morgan fingerprint density at radius 1 is 1.00 bits per heavy atom. The molecular weight excluding hydrogens is 210 g/mol. The van der Waals surface area contributed by atoms with Crippen molar-refractivity contribution >= 4 is 5.91 Å². The molecule has 0 aromatic rings. The molecule has 17 heavy (non-hydrogen) atoms. The van der Waals surface area contributed by atoms with Crippen molar-refractivity contribution in [3.8, 4) is 0 Å². The second-order valence-electron chi connectivity index (χ2n) is 6.92. The molecule has 0 spiro atoms. The summed E-state index contributed by atoms with van der Waals surface area (Å²) >= 11 is 0. The van der Waals surface area contributed by atoms with E-state index >= 15 is 0 Å². The van der Waals surface area contributed by atoms with E-state index in [1.54, 1.807) is 4.90 Å². The highest BCUT2D eigenvalue weighted by atomic mass is 16.2. The first-order chi connectivity index (χ1) is 7.45. The smallest absolute Gasteiger partial charge is 0.225 e. The summed E-state index contributed by atoms with van der Waals surface area (Å²) in [6, 6.07) is 0. The monoisotopic (exact) mass is 243 g/mol. The summed E-state index contributed by atoms with van der Waals surface area (Å²) in [4.78, 5) is 13.8. The zero-order valence-corrected chi connectivity index (χ0v) is 13.6. The van der Waals surface area contributed by atoms with Gasteiger partial charge in [0.15, 0.2) is 0 Å². The minimum Gasteiger partial charge on any atom is -0.349 e. The maximum absolute atomic E-state index is 12.1. The van der Waals surface area contributed by atoms with Crippen molar-refractivity contribution in [3.63, 3.8) is 0 Å². The molecule has 1 unspecified atom stereocenters. The molecule has 0 radical (unpaired) electrons. The molecule has 0 aliphatic rings. The van der Waals surface area contributed by atoms with Gasteiger partial charge in [-0.3, -0.25) is 4.79 Å². The van der Waals surface area contributed by atoms with Crippen LogP contribution in [0.5, 0.6) is 0 Å². The predicted octanol–water partition coefficient (Wildman–Crippen LogP) is 4.20. The topological polar surface area (TPSA) is 20.3 Å². The first-order valence-electron chi connectivity index (χ1n) is 6.66. The quantitative estimate of drug-likeness (QED) is 0.712. The lowest BCUT2D eigenvalue weighted by atomic mass is 9.71. The van der Waals surface area contributed by atoms with Crippen LogP contribution in [0.2, 0.25) is 0 Å². The van der Waals surface area contributed by atoms with E-state index in [1.807, 2.05) is 27.9 Å². The van der Waals surface area contributed by atoms with Crippen molar-refractivity contribution in [3.05, 3.63) is 0 Å². The van der Waals surface area contributed by atoms with Crippen molar-refractivity contribution in [1.29, 1.82) is 0 Å². The molecule has 0 aliphatic carbocycles. The maximum atomic E-state index is 12.1. The van der Waals surface area contributed by atoms with Crippen LogP contribution in [0.15, 0.2) is 0 Å². The molecule has 0 fully saturated rings. The highest BCUT2D eigenvalue weighted by molar-refractivity contribution is 5.79. The van der Waals surface area contributed by atoms with Crippen molar-refractivity contribution in [2.45, 2.75) is 61.8 Å². The van der Waals surface area contributed by atoms with E-state index in [1.165, 1.54) is 0 Å². The van der Waals surface area contributed by atoms with Crippen LogP contribution in [0.3, 0.4) is 0 Å². The Hall–Kier alpha value is -0.530. The zero-order valence-electron chi connectivity index (χ0n) is 13.6. The fourth-order valence-corrected chi connectivity index (χ4v) is 1.69. The van der Waals surface area contributed by atoms with E-state index in [4.69, 9.17) is 0 Å². The number of carbonyl (C=O) groups is 1. The standard InChI is InChI=1S/C13H27NO.C2H6/c1-12(2,3)9-10(13(4,5)6)11(15)14(7)8;1-2/h10H,9H2,1-8H3;1-2H3. The van der Waals surface area contributed by atoms with E-state index in [0.29, 0.717) is 0 Å². The Morgan fingerprint density at radius 2 is 1.35 bits per heavy atom. The average molecular weight is 243 g/mol. The molecule has 0 aromatic carbocycles. The number of hydrogen-bond acceptors (Lipinski definition) is 1. The van der Waals surface area contributed by atoms with E-state index in [2.05, 4.69) is 41.5 Å². The molecule has 0 N–H and O–H groups in total. The second-order valence-corrected chi connectivity index (χ2v) is 6.92. The third kappa shape index (κ3) is 8.23. The van der Waals surface area contributed by atoms with Crippen molar-refractivity contribution in [1.82, 2.24) is 4.90 Å². The van der Waals surface area contributed by atoms with Crippen LogP contribution in [0.1, 0.15) is 61.8 Å². The van der Waals surface area contributed by atoms with E-state index in [9.17, 15) is 4.79 Å². The minimum atomic E-state index is 0.0363. The molecular formula is C15H33NO. The second kappa shape index (κ2) is 7.03. The normalized spacial score (nSPS) is 13.5. The van der Waals surface area contributed by atoms with Crippen molar-refractivity contribution in [2.75, 3.05) is 14.1 Å². The lowest BCUT2D eigenvalue weighted by Crippen LogP contribution is -2.39. The number of rotatable bonds is 2. The van der Waals surface area contributed by atoms with Gasteiger partial charge in [0.25, 0.3) is 0 Å². The third-order valence-electron chi connectivity index (χ3n) is 2.60. The number of hydrogen-bond donors (Lipinski definition) is 0. The molecule has 0 saturated heterocycles. The summed E-state index contributed by atoms with van der Waals surface area (Å²) < 4.78 is 0. The summed E-state index contributed by atoms with van der Waals surface area (Å²) in [6.45, 7) is 17.0. The molecule has 0 rings (SSSR count). The fourth-order valence-electron chi connectivity index (χ4n) is 1.69. The lowest BCUT2D eigenvalue weighted by molar-refractivity contribution is -0.137. The van der Waals surface area contributed by atoms with Gasteiger partial charge in [0.2, 0.25) is 5.91 Å². The van der Waals surface area contributed by atoms with E-state index in [0.717, 1.165) is 6.42 Å². The highest BCUT2D eigenvalue weighted by Gasteiger charge is 2.35. The molecule has 1 amide bonds. The van der Waals surface area contributed by atoms with Crippen molar-refractivity contribution < 1.29 is 4.79 Å². The van der Waals surface area contributed by atoms with Crippen LogP contribution in [0.4, 0.5) is 0 Å². The van der Waals surface area contributed by atoms with Crippen LogP contribution < -0.4 is 0 Å². The van der Waals surface area contributed by atoms with Gasteiger partial charge >= 0.3 is 0 Å². The first-order valence-corrected chi connectivity index (χ1v) is 6.66. The van der Waals surface area contributed by atoms with Gasteiger partial charge in [0.1, 0.15) is 0 Å². The molecule has 2 nitrogen and oxygen atoms in total. The van der Waals surface area contributed by atoms with E-state index in [-0.39, 0.29) is 22.7 Å². The Balaban J connectivity index is 0. The van der Waals surface area contributed by atoms with Crippen LogP contribution in [0, 0.1) is 16.7 Å². The SMILES string of the molecule is CC.CN(C)C(=O)C(CC(C)(C)C)C(C)(C)C. The van der Waals surface area contributed by atoms with Gasteiger partial charge in [-0.25, -0.2) is 0 Å². The maximum Gasteiger partial charge on any atom is 0.225 e. The summed E-state index contributed by atoms with van der Waals surface area (Å²) in [6.07, 6.45) is 0.938. The summed E-state index contributed by atoms with van der Waals surface area (Å²) in [5, 5.41) is 0.